The maximum Gasteiger partial charge on any atom is 0.258 e. The molecule has 0 unspecified atom stereocenters. The molecule has 0 aromatic heterocycles. The highest BCUT2D eigenvalue weighted by atomic mass is 35.5. The van der Waals surface area contributed by atoms with Crippen LogP contribution in [0.4, 0.5) is 4.39 Å². The van der Waals surface area contributed by atoms with Crippen molar-refractivity contribution in [3.63, 3.8) is 0 Å². The third-order valence-corrected chi connectivity index (χ3v) is 3.79. The maximum absolute atomic E-state index is 13.7. The molecular weight excluding hydrogens is 347 g/mol. The van der Waals surface area contributed by atoms with Crippen molar-refractivity contribution in [1.82, 2.24) is 10.2 Å². The first-order valence-electron chi connectivity index (χ1n) is 7.58. The predicted octanol–water partition coefficient (Wildman–Crippen LogP) is 2.63. The van der Waals surface area contributed by atoms with E-state index in [0.717, 1.165) is 0 Å². The second-order valence-electron chi connectivity index (χ2n) is 5.33. The Bertz CT molecular complexity index is 720. The molecule has 0 saturated carbocycles. The summed E-state index contributed by atoms with van der Waals surface area (Å²) in [4.78, 5) is 25.1. The number of carbonyl (C=O) groups is 2. The first kappa shape index (κ1) is 18.7. The van der Waals surface area contributed by atoms with Gasteiger partial charge in [-0.1, -0.05) is 35.9 Å². The molecule has 0 aliphatic carbocycles. The van der Waals surface area contributed by atoms with Crippen molar-refractivity contribution in [2.24, 2.45) is 0 Å². The summed E-state index contributed by atoms with van der Waals surface area (Å²) in [6.45, 7) is -0.388. The molecule has 0 atom stereocenters. The van der Waals surface area contributed by atoms with E-state index in [2.05, 4.69) is 5.32 Å². The zero-order chi connectivity index (χ0) is 18.2. The number of hydrogen-bond donors (Lipinski definition) is 1. The Kier molecular flexibility index (Phi) is 6.77. The summed E-state index contributed by atoms with van der Waals surface area (Å²) in [5.74, 6) is -0.704. The topological polar surface area (TPSA) is 58.6 Å². The average molecular weight is 365 g/mol. The summed E-state index contributed by atoms with van der Waals surface area (Å²) >= 11 is 5.94. The van der Waals surface area contributed by atoms with E-state index in [-0.39, 0.29) is 36.2 Å². The molecular formula is C18H18ClFN2O3. The first-order chi connectivity index (χ1) is 12.0. The standard InChI is InChI=1S/C18H18ClFN2O3/c1-22(11-14-15(19)8-5-9-16(14)20)18(24)10-21-17(23)12-25-13-6-3-2-4-7-13/h2-9H,10-12H2,1H3,(H,21,23). The van der Waals surface area contributed by atoms with Gasteiger partial charge in [-0.2, -0.15) is 0 Å². The molecule has 0 aliphatic rings. The van der Waals surface area contributed by atoms with Crippen LogP contribution in [0.3, 0.4) is 0 Å². The van der Waals surface area contributed by atoms with E-state index in [1.54, 1.807) is 30.3 Å². The molecule has 0 bridgehead atoms. The van der Waals surface area contributed by atoms with Crippen LogP contribution in [0.25, 0.3) is 0 Å². The first-order valence-corrected chi connectivity index (χ1v) is 7.96. The lowest BCUT2D eigenvalue weighted by Crippen LogP contribution is -2.39. The van der Waals surface area contributed by atoms with Crippen molar-refractivity contribution in [1.29, 1.82) is 0 Å². The third-order valence-electron chi connectivity index (χ3n) is 3.43. The van der Waals surface area contributed by atoms with Crippen molar-refractivity contribution in [3.8, 4) is 5.75 Å². The van der Waals surface area contributed by atoms with Gasteiger partial charge in [0.1, 0.15) is 11.6 Å². The van der Waals surface area contributed by atoms with Gasteiger partial charge in [0, 0.05) is 24.2 Å². The van der Waals surface area contributed by atoms with Gasteiger partial charge in [0.15, 0.2) is 6.61 Å². The van der Waals surface area contributed by atoms with Crippen LogP contribution < -0.4 is 10.1 Å². The quantitative estimate of drug-likeness (QED) is 0.821. The molecule has 0 saturated heterocycles. The van der Waals surface area contributed by atoms with Crippen molar-refractivity contribution in [3.05, 3.63) is 64.9 Å². The zero-order valence-electron chi connectivity index (χ0n) is 13.7. The monoisotopic (exact) mass is 364 g/mol. The molecule has 0 fully saturated rings. The van der Waals surface area contributed by atoms with E-state index in [1.165, 1.54) is 24.1 Å². The lowest BCUT2D eigenvalue weighted by atomic mass is 10.2. The molecule has 7 heteroatoms. The minimum absolute atomic E-state index is 0.0146. The number of nitrogens with one attached hydrogen (secondary N) is 1. The number of para-hydroxylation sites is 1. The average Bonchev–Trinajstić information content (AvgIpc) is 2.61. The van der Waals surface area contributed by atoms with E-state index in [9.17, 15) is 14.0 Å². The van der Waals surface area contributed by atoms with E-state index in [1.807, 2.05) is 6.07 Å². The smallest absolute Gasteiger partial charge is 0.258 e. The van der Waals surface area contributed by atoms with Crippen LogP contribution in [0.1, 0.15) is 5.56 Å². The second kappa shape index (κ2) is 9.03. The Morgan fingerprint density at radius 1 is 1.16 bits per heavy atom. The number of amides is 2. The lowest BCUT2D eigenvalue weighted by Gasteiger charge is -2.18. The van der Waals surface area contributed by atoms with E-state index >= 15 is 0 Å². The van der Waals surface area contributed by atoms with Crippen LogP contribution in [-0.2, 0) is 16.1 Å². The summed E-state index contributed by atoms with van der Waals surface area (Å²) in [6, 6.07) is 13.2. The number of nitrogens with zero attached hydrogens (tertiary/aromatic N) is 1. The summed E-state index contributed by atoms with van der Waals surface area (Å²) in [6.07, 6.45) is 0. The number of carbonyl (C=O) groups excluding carboxylic acids is 2. The van der Waals surface area contributed by atoms with Gasteiger partial charge in [0.05, 0.1) is 6.54 Å². The van der Waals surface area contributed by atoms with Gasteiger partial charge in [0.25, 0.3) is 5.91 Å². The van der Waals surface area contributed by atoms with Crippen LogP contribution in [0.15, 0.2) is 48.5 Å². The van der Waals surface area contributed by atoms with Crippen LogP contribution in [0, 0.1) is 5.82 Å². The minimum Gasteiger partial charge on any atom is -0.484 e. The Balaban J connectivity index is 1.78. The van der Waals surface area contributed by atoms with Gasteiger partial charge < -0.3 is 15.0 Å². The number of benzene rings is 2. The molecule has 5 nitrogen and oxygen atoms in total. The Labute approximate surface area is 150 Å². The molecule has 1 N–H and O–H groups in total. The van der Waals surface area contributed by atoms with Crippen molar-refractivity contribution < 1.29 is 18.7 Å². The van der Waals surface area contributed by atoms with Gasteiger partial charge in [-0.05, 0) is 24.3 Å². The Morgan fingerprint density at radius 3 is 2.56 bits per heavy atom. The summed E-state index contributed by atoms with van der Waals surface area (Å²) in [5.41, 5.74) is 0.235. The number of rotatable bonds is 7. The number of likely N-dealkylation sites (N-methyl/N-ethyl adjacent to an activating group) is 1. The van der Waals surface area contributed by atoms with Gasteiger partial charge in [0.2, 0.25) is 5.91 Å². The molecule has 25 heavy (non-hydrogen) atoms. The molecule has 2 aromatic carbocycles. The van der Waals surface area contributed by atoms with Crippen LogP contribution >= 0.6 is 11.6 Å². The van der Waals surface area contributed by atoms with Gasteiger partial charge >= 0.3 is 0 Å². The predicted molar refractivity (Wildman–Crippen MR) is 92.8 cm³/mol. The fourth-order valence-corrected chi connectivity index (χ4v) is 2.26. The van der Waals surface area contributed by atoms with Gasteiger partial charge in [-0.25, -0.2) is 4.39 Å². The molecule has 0 heterocycles. The Morgan fingerprint density at radius 2 is 1.88 bits per heavy atom. The number of hydrogen-bond acceptors (Lipinski definition) is 3. The van der Waals surface area contributed by atoms with Crippen molar-refractivity contribution >= 4 is 23.4 Å². The highest BCUT2D eigenvalue weighted by Crippen LogP contribution is 2.20. The maximum atomic E-state index is 13.7. The van der Waals surface area contributed by atoms with Crippen LogP contribution in [-0.4, -0.2) is 36.9 Å². The molecule has 0 aliphatic heterocycles. The molecule has 2 rings (SSSR count). The van der Waals surface area contributed by atoms with Gasteiger partial charge in [-0.15, -0.1) is 0 Å². The molecule has 132 valence electrons. The SMILES string of the molecule is CN(Cc1c(F)cccc1Cl)C(=O)CNC(=O)COc1ccccc1. The van der Waals surface area contributed by atoms with Crippen LogP contribution in [0.5, 0.6) is 5.75 Å². The van der Waals surface area contributed by atoms with Crippen molar-refractivity contribution in [2.75, 3.05) is 20.2 Å². The van der Waals surface area contributed by atoms with Crippen LogP contribution in [0.2, 0.25) is 5.02 Å². The highest BCUT2D eigenvalue weighted by molar-refractivity contribution is 6.31. The van der Waals surface area contributed by atoms with E-state index in [0.29, 0.717) is 5.75 Å². The Hall–Kier alpha value is -2.60. The minimum atomic E-state index is -0.479. The molecule has 0 spiro atoms. The van der Waals surface area contributed by atoms with E-state index < -0.39 is 11.7 Å². The van der Waals surface area contributed by atoms with Gasteiger partial charge in [-0.3, -0.25) is 9.59 Å². The third kappa shape index (κ3) is 5.76. The number of halogens is 2. The fraction of sp³-hybridized carbons (Fsp3) is 0.222. The second-order valence-corrected chi connectivity index (χ2v) is 5.74. The largest absolute Gasteiger partial charge is 0.484 e. The molecule has 2 amide bonds. The zero-order valence-corrected chi connectivity index (χ0v) is 14.4. The summed E-state index contributed by atoms with van der Waals surface area (Å²) in [5, 5.41) is 2.72. The highest BCUT2D eigenvalue weighted by Gasteiger charge is 2.15. The summed E-state index contributed by atoms with van der Waals surface area (Å²) < 4.78 is 19.0. The lowest BCUT2D eigenvalue weighted by molar-refractivity contribution is -0.132. The molecule has 0 radical (unpaired) electrons. The fourth-order valence-electron chi connectivity index (χ4n) is 2.03. The normalized spacial score (nSPS) is 10.2. The summed E-state index contributed by atoms with van der Waals surface area (Å²) in [7, 11) is 1.51. The van der Waals surface area contributed by atoms with Crippen molar-refractivity contribution in [2.45, 2.75) is 6.54 Å². The number of ether oxygens (including phenoxy) is 1. The van der Waals surface area contributed by atoms with E-state index in [4.69, 9.17) is 16.3 Å². The molecule has 2 aromatic rings.